The summed E-state index contributed by atoms with van der Waals surface area (Å²) in [6.07, 6.45) is 5.01. The highest BCUT2D eigenvalue weighted by atomic mass is 16.4. The van der Waals surface area contributed by atoms with E-state index >= 15 is 0 Å². The molecule has 0 aliphatic heterocycles. The third-order valence-electron chi connectivity index (χ3n) is 8.48. The van der Waals surface area contributed by atoms with Crippen molar-refractivity contribution >= 4 is 11.9 Å². The van der Waals surface area contributed by atoms with Crippen molar-refractivity contribution in [2.45, 2.75) is 64.8 Å². The Bertz CT molecular complexity index is 1220. The molecule has 5 nitrogen and oxygen atoms in total. The molecular weight excluding hydrogens is 484 g/mol. The maximum atomic E-state index is 13.1. The summed E-state index contributed by atoms with van der Waals surface area (Å²) in [5.41, 5.74) is 11.0. The van der Waals surface area contributed by atoms with E-state index in [0.717, 1.165) is 11.5 Å². The van der Waals surface area contributed by atoms with Gasteiger partial charge in [-0.3, -0.25) is 9.59 Å². The van der Waals surface area contributed by atoms with Crippen molar-refractivity contribution < 1.29 is 14.7 Å². The standard InChI is InChI=1S/C34H42N2O3/c1-34(2,3)29-19-17-27(18-20-29)30(26-15-13-25(14-16-26)24-7-5-4-6-8-24)22-36-32(37)28-11-9-23(10-12-28)21-31(35)33(38)39/h4-16,27,29-31H,17-22,35H2,1-3H3,(H,36,37)(H,38,39)/t27?,29?,30-,31-/m0/s1. The SMILES string of the molecule is CC(C)(C)C1CCC([C@@H](CNC(=O)c2ccc(C[C@H](N)C(=O)O)cc2)c2ccc(-c3ccccc3)cc2)CC1. The van der Waals surface area contributed by atoms with E-state index in [1.165, 1.54) is 42.4 Å². The molecule has 3 aromatic rings. The van der Waals surface area contributed by atoms with Crippen molar-refractivity contribution in [1.82, 2.24) is 5.32 Å². The molecule has 0 bridgehead atoms. The number of hydrogen-bond donors (Lipinski definition) is 3. The maximum absolute atomic E-state index is 13.1. The van der Waals surface area contributed by atoms with E-state index in [0.29, 0.717) is 23.4 Å². The molecule has 0 heterocycles. The van der Waals surface area contributed by atoms with Crippen LogP contribution in [0.2, 0.25) is 0 Å². The van der Waals surface area contributed by atoms with Crippen LogP contribution in [-0.4, -0.2) is 29.6 Å². The second kappa shape index (κ2) is 12.6. The van der Waals surface area contributed by atoms with E-state index in [9.17, 15) is 9.59 Å². The molecule has 1 fully saturated rings. The quantitative estimate of drug-likeness (QED) is 0.290. The zero-order chi connectivity index (χ0) is 28.0. The predicted molar refractivity (Wildman–Crippen MR) is 158 cm³/mol. The Morgan fingerprint density at radius 1 is 0.872 bits per heavy atom. The van der Waals surface area contributed by atoms with Crippen molar-refractivity contribution in [3.8, 4) is 11.1 Å². The topological polar surface area (TPSA) is 92.4 Å². The average molecular weight is 527 g/mol. The predicted octanol–water partition coefficient (Wildman–Crippen LogP) is 6.67. The molecule has 39 heavy (non-hydrogen) atoms. The van der Waals surface area contributed by atoms with Gasteiger partial charge in [0, 0.05) is 18.0 Å². The molecule has 5 heteroatoms. The Kier molecular flexibility index (Phi) is 9.24. The van der Waals surface area contributed by atoms with E-state index in [1.807, 2.05) is 6.07 Å². The van der Waals surface area contributed by atoms with Crippen LogP contribution in [0.4, 0.5) is 0 Å². The van der Waals surface area contributed by atoms with Gasteiger partial charge in [-0.05, 0) is 83.7 Å². The summed E-state index contributed by atoms with van der Waals surface area (Å²) >= 11 is 0. The Morgan fingerprint density at radius 3 is 2.03 bits per heavy atom. The molecule has 0 saturated heterocycles. The number of benzene rings is 3. The fraction of sp³-hybridized carbons (Fsp3) is 0.412. The number of hydrogen-bond acceptors (Lipinski definition) is 3. The maximum Gasteiger partial charge on any atom is 0.320 e. The van der Waals surface area contributed by atoms with Gasteiger partial charge in [0.1, 0.15) is 6.04 Å². The molecule has 4 N–H and O–H groups in total. The van der Waals surface area contributed by atoms with Crippen LogP contribution in [0.25, 0.3) is 11.1 Å². The first-order valence-electron chi connectivity index (χ1n) is 14.1. The van der Waals surface area contributed by atoms with Crippen molar-refractivity contribution in [2.24, 2.45) is 23.0 Å². The fourth-order valence-corrected chi connectivity index (χ4v) is 5.94. The second-order valence-corrected chi connectivity index (χ2v) is 12.1. The summed E-state index contributed by atoms with van der Waals surface area (Å²) in [4.78, 5) is 24.1. The summed E-state index contributed by atoms with van der Waals surface area (Å²) < 4.78 is 0. The number of nitrogens with one attached hydrogen (secondary N) is 1. The van der Waals surface area contributed by atoms with Gasteiger partial charge in [-0.2, -0.15) is 0 Å². The summed E-state index contributed by atoms with van der Waals surface area (Å²) in [6, 6.07) is 25.4. The van der Waals surface area contributed by atoms with Gasteiger partial charge in [0.05, 0.1) is 0 Å². The van der Waals surface area contributed by atoms with Gasteiger partial charge in [0.15, 0.2) is 0 Å². The lowest BCUT2D eigenvalue weighted by Gasteiger charge is -2.39. The minimum Gasteiger partial charge on any atom is -0.480 e. The lowest BCUT2D eigenvalue weighted by Crippen LogP contribution is -2.34. The molecule has 0 unspecified atom stereocenters. The van der Waals surface area contributed by atoms with E-state index in [2.05, 4.69) is 74.6 Å². The molecule has 4 rings (SSSR count). The van der Waals surface area contributed by atoms with Crippen LogP contribution in [0.5, 0.6) is 0 Å². The number of carbonyl (C=O) groups excluding carboxylic acids is 1. The monoisotopic (exact) mass is 526 g/mol. The fourth-order valence-electron chi connectivity index (χ4n) is 5.94. The number of rotatable bonds is 9. The van der Waals surface area contributed by atoms with Crippen LogP contribution < -0.4 is 11.1 Å². The second-order valence-electron chi connectivity index (χ2n) is 12.1. The number of carboxylic acid groups (broad SMARTS) is 1. The van der Waals surface area contributed by atoms with Gasteiger partial charge in [-0.1, -0.05) is 87.5 Å². The molecule has 1 aliphatic carbocycles. The zero-order valence-corrected chi connectivity index (χ0v) is 23.4. The van der Waals surface area contributed by atoms with Gasteiger partial charge in [-0.25, -0.2) is 0 Å². The van der Waals surface area contributed by atoms with Crippen molar-refractivity contribution in [3.05, 3.63) is 95.6 Å². The number of carboxylic acids is 1. The third kappa shape index (κ3) is 7.57. The Labute approximate surface area is 232 Å². The number of nitrogens with two attached hydrogens (primary N) is 1. The van der Waals surface area contributed by atoms with Crippen molar-refractivity contribution in [2.75, 3.05) is 6.54 Å². The van der Waals surface area contributed by atoms with Crippen molar-refractivity contribution in [3.63, 3.8) is 0 Å². The molecule has 0 spiro atoms. The molecule has 206 valence electrons. The van der Waals surface area contributed by atoms with Crippen LogP contribution >= 0.6 is 0 Å². The summed E-state index contributed by atoms with van der Waals surface area (Å²) in [7, 11) is 0. The van der Waals surface area contributed by atoms with Gasteiger partial charge < -0.3 is 16.2 Å². The highest BCUT2D eigenvalue weighted by Crippen LogP contribution is 2.44. The third-order valence-corrected chi connectivity index (χ3v) is 8.48. The largest absolute Gasteiger partial charge is 0.480 e. The smallest absolute Gasteiger partial charge is 0.320 e. The summed E-state index contributed by atoms with van der Waals surface area (Å²) in [5, 5.41) is 12.3. The van der Waals surface area contributed by atoms with E-state index in [4.69, 9.17) is 10.8 Å². The first-order valence-corrected chi connectivity index (χ1v) is 14.1. The highest BCUT2D eigenvalue weighted by molar-refractivity contribution is 5.94. The summed E-state index contributed by atoms with van der Waals surface area (Å²) in [6.45, 7) is 7.62. The molecule has 3 aromatic carbocycles. The van der Waals surface area contributed by atoms with Gasteiger partial charge in [0.2, 0.25) is 0 Å². The first-order chi connectivity index (χ1) is 18.6. The van der Waals surface area contributed by atoms with Crippen LogP contribution in [0.1, 0.15) is 73.9 Å². The lowest BCUT2D eigenvalue weighted by molar-refractivity contribution is -0.138. The molecule has 2 atom stereocenters. The summed E-state index contributed by atoms with van der Waals surface area (Å²) in [5.74, 6) is 0.352. The molecule has 1 aliphatic rings. The van der Waals surface area contributed by atoms with Crippen LogP contribution in [0.3, 0.4) is 0 Å². The van der Waals surface area contributed by atoms with E-state index in [-0.39, 0.29) is 18.2 Å². The molecule has 0 aromatic heterocycles. The van der Waals surface area contributed by atoms with Gasteiger partial charge >= 0.3 is 5.97 Å². The Balaban J connectivity index is 1.47. The minimum absolute atomic E-state index is 0.113. The molecule has 1 saturated carbocycles. The van der Waals surface area contributed by atoms with E-state index < -0.39 is 12.0 Å². The van der Waals surface area contributed by atoms with Crippen LogP contribution in [-0.2, 0) is 11.2 Å². The van der Waals surface area contributed by atoms with Gasteiger partial charge in [-0.15, -0.1) is 0 Å². The molecule has 0 radical (unpaired) electrons. The zero-order valence-electron chi connectivity index (χ0n) is 23.4. The minimum atomic E-state index is -1.03. The van der Waals surface area contributed by atoms with E-state index in [1.54, 1.807) is 24.3 Å². The van der Waals surface area contributed by atoms with Crippen LogP contribution in [0.15, 0.2) is 78.9 Å². The lowest BCUT2D eigenvalue weighted by atomic mass is 9.66. The highest BCUT2D eigenvalue weighted by Gasteiger charge is 2.33. The van der Waals surface area contributed by atoms with Gasteiger partial charge in [0.25, 0.3) is 5.91 Å². The number of amides is 1. The number of aliphatic carboxylic acids is 1. The Hall–Kier alpha value is -3.44. The molecular formula is C34H42N2O3. The number of carbonyl (C=O) groups is 2. The average Bonchev–Trinajstić information content (AvgIpc) is 2.94. The Morgan fingerprint density at radius 2 is 1.46 bits per heavy atom. The molecule has 1 amide bonds. The normalized spacial score (nSPS) is 19.2. The first kappa shape index (κ1) is 28.6. The van der Waals surface area contributed by atoms with Crippen molar-refractivity contribution in [1.29, 1.82) is 0 Å². The van der Waals surface area contributed by atoms with Crippen LogP contribution in [0, 0.1) is 17.3 Å².